The van der Waals surface area contributed by atoms with Crippen LogP contribution in [0.3, 0.4) is 0 Å². The fourth-order valence-electron chi connectivity index (χ4n) is 1.39. The molecule has 0 atom stereocenters. The first-order chi connectivity index (χ1) is 8.67. The maximum atomic E-state index is 11.3. The minimum absolute atomic E-state index is 0.219. The molecule has 0 saturated heterocycles. The zero-order chi connectivity index (χ0) is 13.4. The van der Waals surface area contributed by atoms with Crippen molar-refractivity contribution in [1.82, 2.24) is 0 Å². The normalized spacial score (nSPS) is 11.2. The van der Waals surface area contributed by atoms with Crippen molar-refractivity contribution in [3.63, 3.8) is 0 Å². The Bertz CT molecular complexity index is 406. The predicted octanol–water partition coefficient (Wildman–Crippen LogP) is 2.64. The second-order valence-corrected chi connectivity index (χ2v) is 3.65. The topological polar surface area (TPSA) is 44.8 Å². The largest absolute Gasteiger partial charge is 0.468 e. The summed E-state index contributed by atoms with van der Waals surface area (Å²) in [5, 5.41) is 0. The molecule has 0 radical (unpaired) electrons. The van der Waals surface area contributed by atoms with Crippen LogP contribution in [0.25, 0.3) is 5.57 Å². The number of rotatable bonds is 6. The fourth-order valence-corrected chi connectivity index (χ4v) is 1.39. The van der Waals surface area contributed by atoms with Crippen LogP contribution in [0.4, 0.5) is 0 Å². The van der Waals surface area contributed by atoms with Gasteiger partial charge in [0.15, 0.2) is 6.79 Å². The summed E-state index contributed by atoms with van der Waals surface area (Å²) in [4.78, 5) is 11.3. The maximum absolute atomic E-state index is 11.3. The van der Waals surface area contributed by atoms with Gasteiger partial charge in [0.2, 0.25) is 0 Å². The number of allylic oxidation sites excluding steroid dienone is 1. The standard InChI is InChI=1S/C14H18O4/c1-4-17-14(15)9-11(2)12-5-7-13(8-6-12)18-10-16-3/h5-9H,4,10H2,1-3H3/b11-9+. The smallest absolute Gasteiger partial charge is 0.331 e. The van der Waals surface area contributed by atoms with Crippen molar-refractivity contribution in [1.29, 1.82) is 0 Å². The van der Waals surface area contributed by atoms with Crippen LogP contribution in [0.1, 0.15) is 19.4 Å². The molecule has 0 N–H and O–H groups in total. The second-order valence-electron chi connectivity index (χ2n) is 3.65. The average Bonchev–Trinajstić information content (AvgIpc) is 2.37. The van der Waals surface area contributed by atoms with E-state index in [1.54, 1.807) is 14.0 Å². The molecule has 0 aliphatic rings. The molecule has 0 aliphatic heterocycles. The van der Waals surface area contributed by atoms with E-state index in [4.69, 9.17) is 14.2 Å². The van der Waals surface area contributed by atoms with Gasteiger partial charge in [-0.2, -0.15) is 0 Å². The predicted molar refractivity (Wildman–Crippen MR) is 69.2 cm³/mol. The summed E-state index contributed by atoms with van der Waals surface area (Å²) in [5.41, 5.74) is 1.81. The van der Waals surface area contributed by atoms with Crippen LogP contribution < -0.4 is 4.74 Å². The third-order valence-electron chi connectivity index (χ3n) is 2.27. The number of methoxy groups -OCH3 is 1. The third-order valence-corrected chi connectivity index (χ3v) is 2.27. The second kappa shape index (κ2) is 7.50. The lowest BCUT2D eigenvalue weighted by Gasteiger charge is -2.06. The van der Waals surface area contributed by atoms with E-state index in [0.717, 1.165) is 16.9 Å². The quantitative estimate of drug-likeness (QED) is 0.442. The Morgan fingerprint density at radius 2 is 1.94 bits per heavy atom. The Morgan fingerprint density at radius 1 is 1.28 bits per heavy atom. The number of carbonyl (C=O) groups is 1. The molecule has 0 bridgehead atoms. The molecule has 98 valence electrons. The molecule has 4 nitrogen and oxygen atoms in total. The van der Waals surface area contributed by atoms with Crippen molar-refractivity contribution in [3.8, 4) is 5.75 Å². The highest BCUT2D eigenvalue weighted by Gasteiger charge is 2.01. The molecule has 1 aromatic carbocycles. The van der Waals surface area contributed by atoms with Gasteiger partial charge in [-0.05, 0) is 37.1 Å². The van der Waals surface area contributed by atoms with Crippen LogP contribution in [0.5, 0.6) is 5.75 Å². The van der Waals surface area contributed by atoms with Crippen molar-refractivity contribution < 1.29 is 19.0 Å². The summed E-state index contributed by atoms with van der Waals surface area (Å²) in [6.07, 6.45) is 1.48. The summed E-state index contributed by atoms with van der Waals surface area (Å²) in [5.74, 6) is 0.402. The Hall–Kier alpha value is -1.81. The minimum Gasteiger partial charge on any atom is -0.468 e. The molecule has 0 saturated carbocycles. The molecule has 18 heavy (non-hydrogen) atoms. The van der Waals surface area contributed by atoms with Crippen LogP contribution in [0.2, 0.25) is 0 Å². The van der Waals surface area contributed by atoms with Crippen molar-refractivity contribution in [2.24, 2.45) is 0 Å². The Morgan fingerprint density at radius 3 is 2.50 bits per heavy atom. The van der Waals surface area contributed by atoms with Crippen LogP contribution in [-0.4, -0.2) is 26.5 Å². The molecule has 0 aromatic heterocycles. The van der Waals surface area contributed by atoms with Gasteiger partial charge in [-0.15, -0.1) is 0 Å². The number of carbonyl (C=O) groups excluding carboxylic acids is 1. The van der Waals surface area contributed by atoms with Crippen LogP contribution in [0, 0.1) is 0 Å². The van der Waals surface area contributed by atoms with Crippen molar-refractivity contribution in [2.45, 2.75) is 13.8 Å². The summed E-state index contributed by atoms with van der Waals surface area (Å²) < 4.78 is 14.9. The Labute approximate surface area is 107 Å². The van der Waals surface area contributed by atoms with E-state index < -0.39 is 0 Å². The monoisotopic (exact) mass is 250 g/mol. The first-order valence-corrected chi connectivity index (χ1v) is 5.74. The van der Waals surface area contributed by atoms with E-state index in [-0.39, 0.29) is 12.8 Å². The molecule has 1 aromatic rings. The van der Waals surface area contributed by atoms with Gasteiger partial charge in [0, 0.05) is 13.2 Å². The van der Waals surface area contributed by atoms with Gasteiger partial charge < -0.3 is 14.2 Å². The van der Waals surface area contributed by atoms with Crippen LogP contribution in [-0.2, 0) is 14.3 Å². The van der Waals surface area contributed by atoms with Crippen LogP contribution in [0.15, 0.2) is 30.3 Å². The molecular weight excluding hydrogens is 232 g/mol. The van der Waals surface area contributed by atoms with E-state index in [2.05, 4.69) is 0 Å². The van der Waals surface area contributed by atoms with Gasteiger partial charge in [-0.25, -0.2) is 4.79 Å². The first-order valence-electron chi connectivity index (χ1n) is 5.74. The molecule has 0 amide bonds. The summed E-state index contributed by atoms with van der Waals surface area (Å²) in [6.45, 7) is 4.24. The third kappa shape index (κ3) is 4.59. The summed E-state index contributed by atoms with van der Waals surface area (Å²) in [6, 6.07) is 7.43. The van der Waals surface area contributed by atoms with Gasteiger partial charge in [0.05, 0.1) is 6.61 Å². The molecule has 0 aliphatic carbocycles. The molecule has 0 spiro atoms. The lowest BCUT2D eigenvalue weighted by molar-refractivity contribution is -0.137. The minimum atomic E-state index is -0.324. The lowest BCUT2D eigenvalue weighted by atomic mass is 10.1. The van der Waals surface area contributed by atoms with Gasteiger partial charge in [-0.3, -0.25) is 0 Å². The van der Waals surface area contributed by atoms with Crippen molar-refractivity contribution in [2.75, 3.05) is 20.5 Å². The highest BCUT2D eigenvalue weighted by molar-refractivity contribution is 5.90. The SMILES string of the molecule is CCOC(=O)/C=C(\C)c1ccc(OCOC)cc1. The van der Waals surface area contributed by atoms with Gasteiger partial charge in [0.1, 0.15) is 5.75 Å². The van der Waals surface area contributed by atoms with E-state index in [1.807, 2.05) is 31.2 Å². The molecule has 0 fully saturated rings. The molecular formula is C14H18O4. The number of esters is 1. The molecule has 1 rings (SSSR count). The zero-order valence-corrected chi connectivity index (χ0v) is 10.9. The number of hydrogen-bond acceptors (Lipinski definition) is 4. The lowest BCUT2D eigenvalue weighted by Crippen LogP contribution is -2.00. The number of hydrogen-bond donors (Lipinski definition) is 0. The van der Waals surface area contributed by atoms with Gasteiger partial charge in [-0.1, -0.05) is 12.1 Å². The van der Waals surface area contributed by atoms with Crippen molar-refractivity contribution >= 4 is 11.5 Å². The van der Waals surface area contributed by atoms with Gasteiger partial charge in [0.25, 0.3) is 0 Å². The number of benzene rings is 1. The Balaban J connectivity index is 2.69. The van der Waals surface area contributed by atoms with Gasteiger partial charge >= 0.3 is 5.97 Å². The highest BCUT2D eigenvalue weighted by atomic mass is 16.7. The van der Waals surface area contributed by atoms with E-state index in [1.165, 1.54) is 6.08 Å². The summed E-state index contributed by atoms with van der Waals surface area (Å²) in [7, 11) is 1.57. The molecule has 0 unspecified atom stereocenters. The first kappa shape index (κ1) is 14.3. The fraction of sp³-hybridized carbons (Fsp3) is 0.357. The number of ether oxygens (including phenoxy) is 3. The maximum Gasteiger partial charge on any atom is 0.331 e. The molecule has 4 heteroatoms. The van der Waals surface area contributed by atoms with E-state index in [0.29, 0.717) is 6.61 Å². The van der Waals surface area contributed by atoms with Crippen molar-refractivity contribution in [3.05, 3.63) is 35.9 Å². The average molecular weight is 250 g/mol. The van der Waals surface area contributed by atoms with E-state index >= 15 is 0 Å². The molecule has 0 heterocycles. The van der Waals surface area contributed by atoms with E-state index in [9.17, 15) is 4.79 Å². The zero-order valence-electron chi connectivity index (χ0n) is 10.9. The Kier molecular flexibility index (Phi) is 5.94. The highest BCUT2D eigenvalue weighted by Crippen LogP contribution is 2.18. The summed E-state index contributed by atoms with van der Waals surface area (Å²) >= 11 is 0. The van der Waals surface area contributed by atoms with Crippen LogP contribution >= 0.6 is 0 Å².